The lowest BCUT2D eigenvalue weighted by molar-refractivity contribution is 0.224. The normalized spacial score (nSPS) is 12.4. The molecule has 0 aliphatic heterocycles. The van der Waals surface area contributed by atoms with Crippen LogP contribution in [0.3, 0.4) is 0 Å². The summed E-state index contributed by atoms with van der Waals surface area (Å²) in [4.78, 5) is 0. The molecule has 0 bridgehead atoms. The molecule has 0 amide bonds. The van der Waals surface area contributed by atoms with Gasteiger partial charge in [0.05, 0.1) is 0 Å². The number of aliphatic hydroxyl groups excluding tert-OH is 1. The monoisotopic (exact) mass is 340 g/mol. The van der Waals surface area contributed by atoms with Gasteiger partial charge < -0.3 is 5.11 Å². The van der Waals surface area contributed by atoms with E-state index in [1.54, 1.807) is 18.2 Å². The highest BCUT2D eigenvalue weighted by Crippen LogP contribution is 2.20. The van der Waals surface area contributed by atoms with Gasteiger partial charge in [0.1, 0.15) is 11.6 Å². The summed E-state index contributed by atoms with van der Waals surface area (Å²) < 4.78 is 27.6. The van der Waals surface area contributed by atoms with E-state index in [0.29, 0.717) is 22.9 Å². The SMILES string of the molecule is OCC(Cc1cccc(F)c1)Cc1ccc(Br)cc1F. The molecule has 4 heteroatoms. The van der Waals surface area contributed by atoms with E-state index in [-0.39, 0.29) is 24.2 Å². The minimum atomic E-state index is -0.297. The average molecular weight is 341 g/mol. The second kappa shape index (κ2) is 6.95. The zero-order valence-corrected chi connectivity index (χ0v) is 12.4. The van der Waals surface area contributed by atoms with Crippen LogP contribution in [0.25, 0.3) is 0 Å². The van der Waals surface area contributed by atoms with E-state index < -0.39 is 0 Å². The predicted octanol–water partition coefficient (Wildman–Crippen LogP) is 4.12. The first-order chi connectivity index (χ1) is 9.58. The maximum atomic E-state index is 13.8. The Morgan fingerprint density at radius 1 is 1.05 bits per heavy atom. The molecule has 0 aliphatic carbocycles. The standard InChI is InChI=1S/C16H15BrF2O/c17-14-5-4-13(16(19)9-14)7-12(10-20)6-11-2-1-3-15(18)8-11/h1-5,8-9,12,20H,6-7,10H2. The van der Waals surface area contributed by atoms with Crippen LogP contribution in [0.2, 0.25) is 0 Å². The zero-order valence-electron chi connectivity index (χ0n) is 10.8. The molecule has 0 radical (unpaired) electrons. The second-order valence-electron chi connectivity index (χ2n) is 4.82. The molecule has 20 heavy (non-hydrogen) atoms. The van der Waals surface area contributed by atoms with Gasteiger partial charge in [-0.1, -0.05) is 34.1 Å². The Balaban J connectivity index is 2.09. The molecule has 1 N–H and O–H groups in total. The molecule has 0 heterocycles. The molecule has 2 aromatic rings. The van der Waals surface area contributed by atoms with Crippen molar-refractivity contribution in [2.24, 2.45) is 5.92 Å². The molecule has 2 rings (SSSR count). The number of hydrogen-bond donors (Lipinski definition) is 1. The van der Waals surface area contributed by atoms with Gasteiger partial charge in [-0.2, -0.15) is 0 Å². The van der Waals surface area contributed by atoms with Crippen LogP contribution in [0.5, 0.6) is 0 Å². The van der Waals surface area contributed by atoms with Crippen LogP contribution in [0, 0.1) is 17.6 Å². The van der Waals surface area contributed by atoms with Gasteiger partial charge in [0, 0.05) is 11.1 Å². The molecule has 0 spiro atoms. The first kappa shape index (κ1) is 15.1. The summed E-state index contributed by atoms with van der Waals surface area (Å²) >= 11 is 3.21. The Bertz CT molecular complexity index is 586. The minimum Gasteiger partial charge on any atom is -0.396 e. The molecule has 0 saturated heterocycles. The summed E-state index contributed by atoms with van der Waals surface area (Å²) in [6.45, 7) is -0.0635. The van der Waals surface area contributed by atoms with Crippen LogP contribution >= 0.6 is 15.9 Å². The van der Waals surface area contributed by atoms with Crippen molar-refractivity contribution in [3.05, 3.63) is 69.7 Å². The minimum absolute atomic E-state index is 0.0635. The molecule has 0 aliphatic rings. The van der Waals surface area contributed by atoms with Crippen LogP contribution in [0.1, 0.15) is 11.1 Å². The number of halogens is 3. The third-order valence-corrected chi connectivity index (χ3v) is 3.69. The highest BCUT2D eigenvalue weighted by atomic mass is 79.9. The van der Waals surface area contributed by atoms with E-state index >= 15 is 0 Å². The fourth-order valence-electron chi connectivity index (χ4n) is 2.20. The van der Waals surface area contributed by atoms with E-state index in [4.69, 9.17) is 0 Å². The molecule has 0 fully saturated rings. The van der Waals surface area contributed by atoms with Crippen molar-refractivity contribution < 1.29 is 13.9 Å². The Morgan fingerprint density at radius 2 is 1.85 bits per heavy atom. The van der Waals surface area contributed by atoms with Crippen molar-refractivity contribution in [1.29, 1.82) is 0 Å². The highest BCUT2D eigenvalue weighted by Gasteiger charge is 2.13. The molecule has 0 aromatic heterocycles. The maximum absolute atomic E-state index is 13.8. The van der Waals surface area contributed by atoms with E-state index in [1.807, 2.05) is 6.07 Å². The lowest BCUT2D eigenvalue weighted by Crippen LogP contribution is -2.14. The molecule has 1 nitrogen and oxygen atoms in total. The van der Waals surface area contributed by atoms with Crippen molar-refractivity contribution >= 4 is 15.9 Å². The Kier molecular flexibility index (Phi) is 5.26. The highest BCUT2D eigenvalue weighted by molar-refractivity contribution is 9.10. The van der Waals surface area contributed by atoms with Crippen molar-refractivity contribution in [2.75, 3.05) is 6.61 Å². The molecule has 1 atom stereocenters. The van der Waals surface area contributed by atoms with E-state index in [2.05, 4.69) is 15.9 Å². The van der Waals surface area contributed by atoms with E-state index in [1.165, 1.54) is 18.2 Å². The largest absolute Gasteiger partial charge is 0.396 e. The average Bonchev–Trinajstić information content (AvgIpc) is 2.41. The van der Waals surface area contributed by atoms with E-state index in [9.17, 15) is 13.9 Å². The van der Waals surface area contributed by atoms with Crippen molar-refractivity contribution in [1.82, 2.24) is 0 Å². The van der Waals surface area contributed by atoms with Gasteiger partial charge >= 0.3 is 0 Å². The number of aliphatic hydroxyl groups is 1. The zero-order chi connectivity index (χ0) is 14.5. The number of hydrogen-bond acceptors (Lipinski definition) is 1. The first-order valence-electron chi connectivity index (χ1n) is 6.37. The topological polar surface area (TPSA) is 20.2 Å². The van der Waals surface area contributed by atoms with Gasteiger partial charge in [0.2, 0.25) is 0 Å². The van der Waals surface area contributed by atoms with Gasteiger partial charge in [-0.05, 0) is 54.2 Å². The Hall–Kier alpha value is -1.26. The van der Waals surface area contributed by atoms with Gasteiger partial charge in [-0.25, -0.2) is 8.78 Å². The molecule has 2 aromatic carbocycles. The molecular formula is C16H15BrF2O. The summed E-state index contributed by atoms with van der Waals surface area (Å²) in [5.41, 5.74) is 1.37. The van der Waals surface area contributed by atoms with Crippen LogP contribution in [-0.4, -0.2) is 11.7 Å². The Morgan fingerprint density at radius 3 is 2.50 bits per heavy atom. The number of rotatable bonds is 5. The quantitative estimate of drug-likeness (QED) is 0.867. The van der Waals surface area contributed by atoms with Gasteiger partial charge in [-0.15, -0.1) is 0 Å². The molecule has 0 saturated carbocycles. The van der Waals surface area contributed by atoms with Crippen molar-refractivity contribution in [2.45, 2.75) is 12.8 Å². The van der Waals surface area contributed by atoms with Gasteiger partial charge in [0.25, 0.3) is 0 Å². The lowest BCUT2D eigenvalue weighted by Gasteiger charge is -2.15. The van der Waals surface area contributed by atoms with Crippen LogP contribution in [-0.2, 0) is 12.8 Å². The maximum Gasteiger partial charge on any atom is 0.127 e. The number of benzene rings is 2. The molecule has 1 unspecified atom stereocenters. The summed E-state index contributed by atoms with van der Waals surface area (Å²) in [6.07, 6.45) is 0.940. The third kappa shape index (κ3) is 4.12. The van der Waals surface area contributed by atoms with E-state index in [0.717, 1.165) is 5.56 Å². The summed E-state index contributed by atoms with van der Waals surface area (Å²) in [7, 11) is 0. The van der Waals surface area contributed by atoms with Crippen molar-refractivity contribution in [3.63, 3.8) is 0 Å². The fraction of sp³-hybridized carbons (Fsp3) is 0.250. The first-order valence-corrected chi connectivity index (χ1v) is 7.17. The van der Waals surface area contributed by atoms with Gasteiger partial charge in [-0.3, -0.25) is 0 Å². The smallest absolute Gasteiger partial charge is 0.127 e. The van der Waals surface area contributed by atoms with Crippen LogP contribution < -0.4 is 0 Å². The summed E-state index contributed by atoms with van der Waals surface area (Å²) in [5.74, 6) is -0.724. The summed E-state index contributed by atoms with van der Waals surface area (Å²) in [6, 6.07) is 11.2. The molecule has 106 valence electrons. The van der Waals surface area contributed by atoms with Gasteiger partial charge in [0.15, 0.2) is 0 Å². The fourth-order valence-corrected chi connectivity index (χ4v) is 2.53. The second-order valence-corrected chi connectivity index (χ2v) is 5.74. The molecular weight excluding hydrogens is 326 g/mol. The van der Waals surface area contributed by atoms with Crippen molar-refractivity contribution in [3.8, 4) is 0 Å². The van der Waals surface area contributed by atoms with Crippen LogP contribution in [0.15, 0.2) is 46.9 Å². The predicted molar refractivity (Wildman–Crippen MR) is 78.5 cm³/mol. The lowest BCUT2D eigenvalue weighted by atomic mass is 9.93. The Labute approximate surface area is 125 Å². The summed E-state index contributed by atoms with van der Waals surface area (Å²) in [5, 5.41) is 9.44. The third-order valence-electron chi connectivity index (χ3n) is 3.20. The van der Waals surface area contributed by atoms with Crippen LogP contribution in [0.4, 0.5) is 8.78 Å².